The summed E-state index contributed by atoms with van der Waals surface area (Å²) in [7, 11) is 0. The number of carbonyl (C=O) groups is 1. The summed E-state index contributed by atoms with van der Waals surface area (Å²) < 4.78 is 95.6. The van der Waals surface area contributed by atoms with Gasteiger partial charge in [0.15, 0.2) is 0 Å². The quantitative estimate of drug-likeness (QED) is 0.248. The Morgan fingerprint density at radius 1 is 0.951 bits per heavy atom. The first-order chi connectivity index (χ1) is 19.1. The van der Waals surface area contributed by atoms with Gasteiger partial charge >= 0.3 is 12.4 Å². The Labute approximate surface area is 232 Å². The molecule has 0 aromatic heterocycles. The van der Waals surface area contributed by atoms with Crippen molar-refractivity contribution < 1.29 is 35.5 Å². The second kappa shape index (κ2) is 10.6. The Bertz CT molecular complexity index is 1580. The van der Waals surface area contributed by atoms with E-state index in [9.17, 15) is 35.5 Å². The minimum absolute atomic E-state index is 0.189. The van der Waals surface area contributed by atoms with E-state index in [1.165, 1.54) is 13.0 Å². The van der Waals surface area contributed by atoms with Gasteiger partial charge in [-0.25, -0.2) is 4.39 Å². The number of nitrogens with zero attached hydrogens (tertiary/aromatic N) is 1. The SMILES string of the molecule is Cc1ccc(C#CC(C)(CC2(c3cc(C(F)(F)F)ccc3F)CC2)C(=O)Nc2ccc(C#N)c(C(F)(F)F)c2)cc1. The van der Waals surface area contributed by atoms with Gasteiger partial charge in [0.05, 0.1) is 22.8 Å². The van der Waals surface area contributed by atoms with Gasteiger partial charge in [0.25, 0.3) is 0 Å². The summed E-state index contributed by atoms with van der Waals surface area (Å²) in [6, 6.07) is 13.3. The number of anilines is 1. The first-order valence-corrected chi connectivity index (χ1v) is 12.5. The molecule has 1 aliphatic rings. The standard InChI is InChI=1S/C31H23F7N2O/c1-19-3-5-20(6-4-19)11-12-28(2,27(41)40-23-9-7-21(17-39)24(16-23)31(36,37)38)18-29(13-14-29)25-15-22(30(33,34)35)8-10-26(25)32/h3-10,15-16H,13-14,18H2,1-2H3,(H,40,41). The summed E-state index contributed by atoms with van der Waals surface area (Å²) >= 11 is 0. The molecule has 1 fully saturated rings. The molecule has 0 heterocycles. The molecule has 1 N–H and O–H groups in total. The van der Waals surface area contributed by atoms with Gasteiger partial charge < -0.3 is 5.32 Å². The number of hydrogen-bond acceptors (Lipinski definition) is 2. The molecule has 3 aromatic carbocycles. The molecule has 1 atom stereocenters. The number of benzene rings is 3. The third-order valence-electron chi connectivity index (χ3n) is 7.15. The molecule has 1 aliphatic carbocycles. The zero-order valence-electron chi connectivity index (χ0n) is 21.9. The fourth-order valence-corrected chi connectivity index (χ4v) is 4.73. The second-order valence-corrected chi connectivity index (χ2v) is 10.4. The van der Waals surface area contributed by atoms with Crippen LogP contribution in [-0.4, -0.2) is 5.91 Å². The van der Waals surface area contributed by atoms with Crippen molar-refractivity contribution in [3.63, 3.8) is 0 Å². The fraction of sp³-hybridized carbons (Fsp3) is 0.290. The van der Waals surface area contributed by atoms with Crippen molar-refractivity contribution in [3.8, 4) is 17.9 Å². The molecular weight excluding hydrogens is 549 g/mol. The van der Waals surface area contributed by atoms with Crippen molar-refractivity contribution in [2.75, 3.05) is 5.32 Å². The van der Waals surface area contributed by atoms with Crippen LogP contribution in [0.1, 0.15) is 59.6 Å². The Morgan fingerprint density at radius 2 is 1.61 bits per heavy atom. The lowest BCUT2D eigenvalue weighted by atomic mass is 9.75. The van der Waals surface area contributed by atoms with Crippen LogP contribution in [-0.2, 0) is 22.6 Å². The first-order valence-electron chi connectivity index (χ1n) is 12.5. The van der Waals surface area contributed by atoms with Crippen molar-refractivity contribution in [1.29, 1.82) is 5.26 Å². The molecule has 3 aromatic rings. The van der Waals surface area contributed by atoms with Gasteiger partial charge in [0.1, 0.15) is 11.2 Å². The lowest BCUT2D eigenvalue weighted by molar-refractivity contribution is -0.138. The van der Waals surface area contributed by atoms with Gasteiger partial charge in [-0.15, -0.1) is 0 Å². The third-order valence-corrected chi connectivity index (χ3v) is 7.15. The molecule has 0 aliphatic heterocycles. The maximum Gasteiger partial charge on any atom is 0.417 e. The van der Waals surface area contributed by atoms with E-state index in [0.717, 1.165) is 29.8 Å². The number of halogens is 7. The highest BCUT2D eigenvalue weighted by atomic mass is 19.4. The highest BCUT2D eigenvalue weighted by Gasteiger charge is 2.52. The molecule has 1 saturated carbocycles. The van der Waals surface area contributed by atoms with E-state index in [2.05, 4.69) is 17.2 Å². The molecular formula is C31H23F7N2O. The Balaban J connectivity index is 1.75. The number of amides is 1. The third kappa shape index (κ3) is 6.54. The zero-order valence-corrected chi connectivity index (χ0v) is 21.9. The molecule has 212 valence electrons. The average Bonchev–Trinajstić information content (AvgIpc) is 3.67. The molecule has 41 heavy (non-hydrogen) atoms. The van der Waals surface area contributed by atoms with Crippen molar-refractivity contribution in [2.45, 2.75) is 50.9 Å². The zero-order chi connectivity index (χ0) is 30.2. The van der Waals surface area contributed by atoms with Crippen LogP contribution in [0.15, 0.2) is 60.7 Å². The molecule has 0 bridgehead atoms. The summed E-state index contributed by atoms with van der Waals surface area (Å²) in [5.41, 5.74) is -4.66. The number of aryl methyl sites for hydroxylation is 1. The Morgan fingerprint density at radius 3 is 2.17 bits per heavy atom. The molecule has 0 spiro atoms. The number of alkyl halides is 6. The van der Waals surface area contributed by atoms with Crippen LogP contribution in [0.2, 0.25) is 0 Å². The van der Waals surface area contributed by atoms with Crippen molar-refractivity contribution >= 4 is 11.6 Å². The molecule has 1 unspecified atom stereocenters. The predicted octanol–water partition coefficient (Wildman–Crippen LogP) is 8.16. The normalized spacial score (nSPS) is 15.6. The fourth-order valence-electron chi connectivity index (χ4n) is 4.73. The van der Waals surface area contributed by atoms with Gasteiger partial charge in [0.2, 0.25) is 5.91 Å². The van der Waals surface area contributed by atoms with E-state index in [1.54, 1.807) is 24.3 Å². The van der Waals surface area contributed by atoms with Crippen LogP contribution in [0.3, 0.4) is 0 Å². The average molecular weight is 573 g/mol. The van der Waals surface area contributed by atoms with E-state index in [4.69, 9.17) is 5.26 Å². The van der Waals surface area contributed by atoms with Gasteiger partial charge in [-0.1, -0.05) is 29.5 Å². The minimum Gasteiger partial charge on any atom is -0.325 e. The van der Waals surface area contributed by atoms with Crippen LogP contribution in [0.5, 0.6) is 0 Å². The molecule has 1 amide bonds. The Kier molecular flexibility index (Phi) is 7.66. The van der Waals surface area contributed by atoms with Crippen molar-refractivity contribution in [3.05, 3.63) is 99.9 Å². The Hall–Kier alpha value is -4.31. The van der Waals surface area contributed by atoms with Gasteiger partial charge in [-0.05, 0) is 87.2 Å². The minimum atomic E-state index is -4.86. The maximum atomic E-state index is 14.9. The van der Waals surface area contributed by atoms with E-state index in [1.807, 2.05) is 6.92 Å². The highest BCUT2D eigenvalue weighted by molar-refractivity contribution is 5.97. The predicted molar refractivity (Wildman–Crippen MR) is 138 cm³/mol. The van der Waals surface area contributed by atoms with Crippen LogP contribution in [0.4, 0.5) is 36.4 Å². The van der Waals surface area contributed by atoms with E-state index in [-0.39, 0.29) is 30.5 Å². The van der Waals surface area contributed by atoms with E-state index in [0.29, 0.717) is 17.7 Å². The number of rotatable bonds is 5. The smallest absolute Gasteiger partial charge is 0.325 e. The first kappa shape index (κ1) is 29.7. The lowest BCUT2D eigenvalue weighted by Gasteiger charge is -2.29. The van der Waals surface area contributed by atoms with Crippen molar-refractivity contribution in [1.82, 2.24) is 0 Å². The van der Waals surface area contributed by atoms with Gasteiger partial charge in [-0.3, -0.25) is 4.79 Å². The van der Waals surface area contributed by atoms with Crippen LogP contribution in [0, 0.1) is 41.3 Å². The monoisotopic (exact) mass is 572 g/mol. The van der Waals surface area contributed by atoms with Crippen LogP contribution in [0.25, 0.3) is 0 Å². The molecule has 0 radical (unpaired) electrons. The summed E-state index contributed by atoms with van der Waals surface area (Å²) in [6.07, 6.45) is -9.19. The van der Waals surface area contributed by atoms with E-state index < -0.39 is 51.6 Å². The largest absolute Gasteiger partial charge is 0.417 e. The molecule has 0 saturated heterocycles. The summed E-state index contributed by atoms with van der Waals surface area (Å²) in [6.45, 7) is 3.28. The van der Waals surface area contributed by atoms with Gasteiger partial charge in [0, 0.05) is 16.7 Å². The number of hydrogen-bond donors (Lipinski definition) is 1. The van der Waals surface area contributed by atoms with Gasteiger partial charge in [-0.2, -0.15) is 31.6 Å². The second-order valence-electron chi connectivity index (χ2n) is 10.4. The summed E-state index contributed by atoms with van der Waals surface area (Å²) in [4.78, 5) is 13.6. The number of nitriles is 1. The summed E-state index contributed by atoms with van der Waals surface area (Å²) in [5, 5.41) is 11.5. The molecule has 3 nitrogen and oxygen atoms in total. The molecule has 10 heteroatoms. The lowest BCUT2D eigenvalue weighted by Crippen LogP contribution is -2.36. The number of nitrogens with one attached hydrogen (secondary N) is 1. The maximum absolute atomic E-state index is 14.9. The summed E-state index contributed by atoms with van der Waals surface area (Å²) in [5.74, 6) is 4.07. The van der Waals surface area contributed by atoms with Crippen LogP contribution < -0.4 is 5.32 Å². The molecule has 4 rings (SSSR count). The van der Waals surface area contributed by atoms with E-state index >= 15 is 0 Å². The highest BCUT2D eigenvalue weighted by Crippen LogP contribution is 2.56. The topological polar surface area (TPSA) is 52.9 Å². The number of carbonyl (C=O) groups excluding carboxylic acids is 1. The van der Waals surface area contributed by atoms with Crippen molar-refractivity contribution in [2.24, 2.45) is 5.41 Å². The van der Waals surface area contributed by atoms with Crippen LogP contribution >= 0.6 is 0 Å².